The average Bonchev–Trinajstić information content (AvgIpc) is 2.37. The smallest absolute Gasteiger partial charge is 0.320 e. The standard InChI is InChI=1S/C13H21N3O.ClH/c1-3-15(2)13(17)16(10-9-14)11-12-7-5-4-6-8-12;/h4-8H,3,9-11,14H2,1-2H3;1H. The van der Waals surface area contributed by atoms with Crippen LogP contribution in [0.2, 0.25) is 0 Å². The molecule has 0 aliphatic rings. The zero-order valence-electron chi connectivity index (χ0n) is 11.0. The van der Waals surface area contributed by atoms with Gasteiger partial charge in [0.25, 0.3) is 0 Å². The topological polar surface area (TPSA) is 49.6 Å². The summed E-state index contributed by atoms with van der Waals surface area (Å²) in [5.74, 6) is 0. The van der Waals surface area contributed by atoms with Crippen molar-refractivity contribution in [3.63, 3.8) is 0 Å². The predicted octanol–water partition coefficient (Wildman–Crippen LogP) is 1.94. The van der Waals surface area contributed by atoms with Gasteiger partial charge in [-0.05, 0) is 12.5 Å². The maximum atomic E-state index is 12.1. The Hall–Kier alpha value is -1.26. The van der Waals surface area contributed by atoms with Crippen LogP contribution in [0.25, 0.3) is 0 Å². The van der Waals surface area contributed by atoms with E-state index in [9.17, 15) is 4.79 Å². The molecule has 0 heterocycles. The van der Waals surface area contributed by atoms with Gasteiger partial charge in [-0.2, -0.15) is 0 Å². The minimum atomic E-state index is 0. The third kappa shape index (κ3) is 4.94. The number of nitrogens with zero attached hydrogens (tertiary/aromatic N) is 2. The van der Waals surface area contributed by atoms with Gasteiger partial charge in [-0.1, -0.05) is 30.3 Å². The predicted molar refractivity (Wildman–Crippen MR) is 76.9 cm³/mol. The fourth-order valence-corrected chi connectivity index (χ4v) is 1.58. The van der Waals surface area contributed by atoms with Crippen LogP contribution in [0.5, 0.6) is 0 Å². The van der Waals surface area contributed by atoms with Crippen LogP contribution in [0.1, 0.15) is 12.5 Å². The molecule has 0 spiro atoms. The van der Waals surface area contributed by atoms with Gasteiger partial charge in [0.2, 0.25) is 0 Å². The molecule has 0 unspecified atom stereocenters. The van der Waals surface area contributed by atoms with Crippen LogP contribution < -0.4 is 5.73 Å². The van der Waals surface area contributed by atoms with Gasteiger partial charge in [-0.15, -0.1) is 12.4 Å². The molecule has 0 aliphatic heterocycles. The number of carbonyl (C=O) groups excluding carboxylic acids is 1. The molecule has 0 fully saturated rings. The summed E-state index contributed by atoms with van der Waals surface area (Å²) >= 11 is 0. The lowest BCUT2D eigenvalue weighted by Gasteiger charge is -2.27. The average molecular weight is 272 g/mol. The van der Waals surface area contributed by atoms with Crippen molar-refractivity contribution in [2.24, 2.45) is 5.73 Å². The van der Waals surface area contributed by atoms with Crippen molar-refractivity contribution in [1.82, 2.24) is 9.80 Å². The molecule has 1 aromatic rings. The van der Waals surface area contributed by atoms with Gasteiger partial charge in [0, 0.05) is 33.2 Å². The molecular formula is C13H22ClN3O. The molecule has 0 saturated carbocycles. The zero-order valence-corrected chi connectivity index (χ0v) is 11.8. The summed E-state index contributed by atoms with van der Waals surface area (Å²) in [5.41, 5.74) is 6.67. The van der Waals surface area contributed by atoms with Crippen molar-refractivity contribution in [3.05, 3.63) is 35.9 Å². The van der Waals surface area contributed by atoms with E-state index in [4.69, 9.17) is 5.73 Å². The fourth-order valence-electron chi connectivity index (χ4n) is 1.58. The van der Waals surface area contributed by atoms with Gasteiger partial charge in [-0.3, -0.25) is 0 Å². The van der Waals surface area contributed by atoms with E-state index in [0.717, 1.165) is 5.56 Å². The quantitative estimate of drug-likeness (QED) is 0.890. The van der Waals surface area contributed by atoms with Crippen LogP contribution >= 0.6 is 12.4 Å². The maximum absolute atomic E-state index is 12.1. The highest BCUT2D eigenvalue weighted by Gasteiger charge is 2.16. The highest BCUT2D eigenvalue weighted by atomic mass is 35.5. The normalized spacial score (nSPS) is 9.50. The van der Waals surface area contributed by atoms with E-state index in [-0.39, 0.29) is 18.4 Å². The summed E-state index contributed by atoms with van der Waals surface area (Å²) in [7, 11) is 1.80. The van der Waals surface area contributed by atoms with Crippen molar-refractivity contribution >= 4 is 18.4 Å². The third-order valence-corrected chi connectivity index (χ3v) is 2.69. The van der Waals surface area contributed by atoms with Gasteiger partial charge in [-0.25, -0.2) is 4.79 Å². The lowest BCUT2D eigenvalue weighted by Crippen LogP contribution is -2.42. The number of amides is 2. The van der Waals surface area contributed by atoms with Gasteiger partial charge < -0.3 is 15.5 Å². The third-order valence-electron chi connectivity index (χ3n) is 2.69. The Balaban J connectivity index is 0.00000289. The van der Waals surface area contributed by atoms with Crippen LogP contribution in [-0.2, 0) is 6.54 Å². The molecule has 4 nitrogen and oxygen atoms in total. The summed E-state index contributed by atoms with van der Waals surface area (Å²) < 4.78 is 0. The summed E-state index contributed by atoms with van der Waals surface area (Å²) in [6.45, 7) is 4.34. The van der Waals surface area contributed by atoms with E-state index >= 15 is 0 Å². The highest BCUT2D eigenvalue weighted by Crippen LogP contribution is 2.06. The van der Waals surface area contributed by atoms with E-state index in [1.807, 2.05) is 37.3 Å². The first-order valence-corrected chi connectivity index (χ1v) is 5.93. The molecule has 0 aromatic heterocycles. The lowest BCUT2D eigenvalue weighted by atomic mass is 10.2. The SMILES string of the molecule is CCN(C)C(=O)N(CCN)Cc1ccccc1.Cl. The Bertz CT molecular complexity index is 345. The minimum Gasteiger partial charge on any atom is -0.329 e. The molecule has 0 atom stereocenters. The first-order valence-electron chi connectivity index (χ1n) is 5.93. The summed E-state index contributed by atoms with van der Waals surface area (Å²) in [5, 5.41) is 0. The molecule has 0 bridgehead atoms. The Morgan fingerprint density at radius 2 is 1.89 bits per heavy atom. The second-order valence-electron chi connectivity index (χ2n) is 3.99. The van der Waals surface area contributed by atoms with Crippen LogP contribution in [0.4, 0.5) is 4.79 Å². The zero-order chi connectivity index (χ0) is 12.7. The molecule has 1 aromatic carbocycles. The van der Waals surface area contributed by atoms with Gasteiger partial charge in [0.15, 0.2) is 0 Å². The van der Waals surface area contributed by atoms with E-state index in [1.54, 1.807) is 16.8 Å². The number of rotatable bonds is 5. The molecular weight excluding hydrogens is 250 g/mol. The number of urea groups is 1. The van der Waals surface area contributed by atoms with Crippen molar-refractivity contribution in [1.29, 1.82) is 0 Å². The molecule has 1 rings (SSSR count). The number of nitrogens with two attached hydrogens (primary N) is 1. The van der Waals surface area contributed by atoms with Crippen molar-refractivity contribution < 1.29 is 4.79 Å². The molecule has 18 heavy (non-hydrogen) atoms. The lowest BCUT2D eigenvalue weighted by molar-refractivity contribution is 0.163. The molecule has 2 N–H and O–H groups in total. The second kappa shape index (κ2) is 8.78. The molecule has 2 amide bonds. The Labute approximate surface area is 115 Å². The van der Waals surface area contributed by atoms with Crippen LogP contribution in [0, 0.1) is 0 Å². The van der Waals surface area contributed by atoms with Gasteiger partial charge in [0.05, 0.1) is 0 Å². The number of hydrogen-bond acceptors (Lipinski definition) is 2. The summed E-state index contributed by atoms with van der Waals surface area (Å²) in [6.07, 6.45) is 0. The van der Waals surface area contributed by atoms with Crippen LogP contribution in [-0.4, -0.2) is 42.5 Å². The molecule has 0 saturated heterocycles. The van der Waals surface area contributed by atoms with Gasteiger partial charge >= 0.3 is 6.03 Å². The number of halogens is 1. The van der Waals surface area contributed by atoms with E-state index in [2.05, 4.69) is 0 Å². The largest absolute Gasteiger partial charge is 0.329 e. The highest BCUT2D eigenvalue weighted by molar-refractivity contribution is 5.85. The summed E-state index contributed by atoms with van der Waals surface area (Å²) in [4.78, 5) is 15.5. The first-order chi connectivity index (χ1) is 8.19. The number of carbonyl (C=O) groups is 1. The second-order valence-corrected chi connectivity index (χ2v) is 3.99. The molecule has 0 aliphatic carbocycles. The maximum Gasteiger partial charge on any atom is 0.320 e. The van der Waals surface area contributed by atoms with E-state index in [0.29, 0.717) is 26.2 Å². The van der Waals surface area contributed by atoms with Crippen molar-refractivity contribution in [2.75, 3.05) is 26.7 Å². The number of hydrogen-bond donors (Lipinski definition) is 1. The Kier molecular flexibility index (Phi) is 8.16. The number of benzene rings is 1. The summed E-state index contributed by atoms with van der Waals surface area (Å²) in [6, 6.07) is 9.98. The van der Waals surface area contributed by atoms with Crippen LogP contribution in [0.15, 0.2) is 30.3 Å². The Morgan fingerprint density at radius 3 is 2.39 bits per heavy atom. The molecule has 0 radical (unpaired) electrons. The molecule has 5 heteroatoms. The van der Waals surface area contributed by atoms with E-state index < -0.39 is 0 Å². The van der Waals surface area contributed by atoms with Gasteiger partial charge in [0.1, 0.15) is 0 Å². The minimum absolute atomic E-state index is 0. The van der Waals surface area contributed by atoms with Crippen LogP contribution in [0.3, 0.4) is 0 Å². The Morgan fingerprint density at radius 1 is 1.28 bits per heavy atom. The molecule has 102 valence electrons. The van der Waals surface area contributed by atoms with Crippen molar-refractivity contribution in [2.45, 2.75) is 13.5 Å². The first kappa shape index (κ1) is 16.7. The fraction of sp³-hybridized carbons (Fsp3) is 0.462. The van der Waals surface area contributed by atoms with E-state index in [1.165, 1.54) is 0 Å². The monoisotopic (exact) mass is 271 g/mol. The van der Waals surface area contributed by atoms with Crippen molar-refractivity contribution in [3.8, 4) is 0 Å².